The van der Waals surface area contributed by atoms with E-state index < -0.39 is 0 Å². The lowest BCUT2D eigenvalue weighted by molar-refractivity contribution is 0.0461. The van der Waals surface area contributed by atoms with E-state index in [1.54, 1.807) is 13.3 Å². The highest BCUT2D eigenvalue weighted by atomic mass is 35.5. The number of rotatable bonds is 6. The fourth-order valence-corrected chi connectivity index (χ4v) is 3.39. The monoisotopic (exact) mass is 305 g/mol. The van der Waals surface area contributed by atoms with Crippen molar-refractivity contribution in [2.45, 2.75) is 18.7 Å². The highest BCUT2D eigenvalue weighted by molar-refractivity contribution is 7.99. The van der Waals surface area contributed by atoms with Gasteiger partial charge in [0.2, 0.25) is 0 Å². The van der Waals surface area contributed by atoms with E-state index in [0.717, 1.165) is 23.8 Å². The lowest BCUT2D eigenvalue weighted by atomic mass is 10.1. The minimum absolute atomic E-state index is 0.0552. The number of ether oxygens (including phenoxy) is 2. The molecule has 0 aromatic carbocycles. The molecule has 2 atom stereocenters. The van der Waals surface area contributed by atoms with Crippen molar-refractivity contribution in [1.29, 1.82) is 0 Å². The van der Waals surface area contributed by atoms with Gasteiger partial charge in [-0.2, -0.15) is 16.9 Å². The van der Waals surface area contributed by atoms with Crippen LogP contribution in [0.3, 0.4) is 0 Å². The first kappa shape index (κ1) is 15.1. The summed E-state index contributed by atoms with van der Waals surface area (Å²) in [5, 5.41) is 8.30. The van der Waals surface area contributed by atoms with E-state index >= 15 is 0 Å². The van der Waals surface area contributed by atoms with Crippen LogP contribution in [0, 0.1) is 0 Å². The molecular weight excluding hydrogens is 286 g/mol. The molecule has 1 fully saturated rings. The van der Waals surface area contributed by atoms with Gasteiger partial charge >= 0.3 is 0 Å². The smallest absolute Gasteiger partial charge is 0.0876 e. The van der Waals surface area contributed by atoms with E-state index in [-0.39, 0.29) is 12.1 Å². The van der Waals surface area contributed by atoms with Crippen molar-refractivity contribution in [3.05, 3.63) is 16.9 Å². The number of likely N-dealkylation sites (N-methyl/N-ethyl adjacent to an activating group) is 1. The molecule has 5 nitrogen and oxygen atoms in total. The lowest BCUT2D eigenvalue weighted by Gasteiger charge is -2.30. The molecule has 0 aliphatic carbocycles. The van der Waals surface area contributed by atoms with E-state index in [2.05, 4.69) is 10.4 Å². The number of aromatic nitrogens is 2. The minimum atomic E-state index is 0.0552. The Morgan fingerprint density at radius 3 is 3.21 bits per heavy atom. The number of methoxy groups -OCH3 is 1. The Morgan fingerprint density at radius 2 is 2.58 bits per heavy atom. The molecule has 0 amide bonds. The van der Waals surface area contributed by atoms with Crippen LogP contribution >= 0.6 is 23.4 Å². The van der Waals surface area contributed by atoms with Crippen LogP contribution in [0.15, 0.2) is 6.20 Å². The van der Waals surface area contributed by atoms with Gasteiger partial charge in [-0.25, -0.2) is 0 Å². The Labute approximate surface area is 123 Å². The summed E-state index contributed by atoms with van der Waals surface area (Å²) in [5.41, 5.74) is 0.980. The average Bonchev–Trinajstić information content (AvgIpc) is 2.80. The summed E-state index contributed by atoms with van der Waals surface area (Å²) >= 11 is 8.20. The molecule has 0 bridgehead atoms. The van der Waals surface area contributed by atoms with Crippen molar-refractivity contribution in [3.8, 4) is 0 Å². The molecule has 1 aliphatic rings. The second-order valence-electron chi connectivity index (χ2n) is 4.34. The van der Waals surface area contributed by atoms with Gasteiger partial charge in [0, 0.05) is 18.6 Å². The van der Waals surface area contributed by atoms with E-state index in [0.29, 0.717) is 18.2 Å². The summed E-state index contributed by atoms with van der Waals surface area (Å²) in [4.78, 5) is 0. The standard InChI is InChI=1S/C12H20ClN3O2S/c1-14-11(10-8-19-6-5-18-10)12-9(13)7-15-16(12)3-4-17-2/h7,10-11,14H,3-6,8H2,1-2H3. The fourth-order valence-electron chi connectivity index (χ4n) is 2.23. The molecule has 7 heteroatoms. The van der Waals surface area contributed by atoms with Crippen molar-refractivity contribution in [1.82, 2.24) is 15.1 Å². The maximum Gasteiger partial charge on any atom is 0.0876 e. The summed E-state index contributed by atoms with van der Waals surface area (Å²) in [6.07, 6.45) is 1.81. The van der Waals surface area contributed by atoms with Crippen molar-refractivity contribution in [2.24, 2.45) is 0 Å². The van der Waals surface area contributed by atoms with E-state index in [1.807, 2.05) is 23.5 Å². The third-order valence-electron chi connectivity index (χ3n) is 3.16. The normalized spacial score (nSPS) is 21.5. The second kappa shape index (κ2) is 7.50. The third kappa shape index (κ3) is 3.64. The summed E-state index contributed by atoms with van der Waals surface area (Å²) < 4.78 is 12.9. The van der Waals surface area contributed by atoms with E-state index in [9.17, 15) is 0 Å². The predicted molar refractivity (Wildman–Crippen MR) is 78.0 cm³/mol. The molecule has 1 aromatic rings. The molecule has 0 saturated carbocycles. The fraction of sp³-hybridized carbons (Fsp3) is 0.750. The Kier molecular flexibility index (Phi) is 5.97. The molecule has 2 rings (SSSR count). The Bertz CT molecular complexity index is 396. The second-order valence-corrected chi connectivity index (χ2v) is 5.90. The number of thioether (sulfide) groups is 1. The van der Waals surface area contributed by atoms with Gasteiger partial charge in [-0.1, -0.05) is 11.6 Å². The Morgan fingerprint density at radius 1 is 1.74 bits per heavy atom. The average molecular weight is 306 g/mol. The van der Waals surface area contributed by atoms with E-state index in [1.165, 1.54) is 0 Å². The number of hydrogen-bond donors (Lipinski definition) is 1. The zero-order valence-electron chi connectivity index (χ0n) is 11.3. The first-order chi connectivity index (χ1) is 9.27. The zero-order chi connectivity index (χ0) is 13.7. The molecule has 1 aromatic heterocycles. The molecule has 19 heavy (non-hydrogen) atoms. The molecule has 1 aliphatic heterocycles. The van der Waals surface area contributed by atoms with Crippen LogP contribution in [0.4, 0.5) is 0 Å². The Balaban J connectivity index is 2.18. The summed E-state index contributed by atoms with van der Waals surface area (Å²) in [6, 6.07) is 0.0552. The molecule has 0 spiro atoms. The van der Waals surface area contributed by atoms with Crippen molar-refractivity contribution < 1.29 is 9.47 Å². The quantitative estimate of drug-likeness (QED) is 0.864. The van der Waals surface area contributed by atoms with Crippen LogP contribution in [0.2, 0.25) is 5.02 Å². The molecule has 2 heterocycles. The largest absolute Gasteiger partial charge is 0.383 e. The van der Waals surface area contributed by atoms with Crippen LogP contribution in [-0.4, -0.2) is 54.8 Å². The first-order valence-corrected chi connectivity index (χ1v) is 7.88. The lowest BCUT2D eigenvalue weighted by Crippen LogP contribution is -2.38. The van der Waals surface area contributed by atoms with Gasteiger partial charge in [-0.05, 0) is 7.05 Å². The van der Waals surface area contributed by atoms with Gasteiger partial charge in [0.25, 0.3) is 0 Å². The maximum atomic E-state index is 6.29. The SMILES string of the molecule is CNC(c1c(Cl)cnn1CCOC)C1CSCCO1. The number of nitrogens with zero attached hydrogens (tertiary/aromatic N) is 2. The van der Waals surface area contributed by atoms with Crippen LogP contribution in [0.5, 0.6) is 0 Å². The molecule has 2 unspecified atom stereocenters. The molecular formula is C12H20ClN3O2S. The van der Waals surface area contributed by atoms with Crippen molar-refractivity contribution in [3.63, 3.8) is 0 Å². The predicted octanol–water partition coefficient (Wildman–Crippen LogP) is 1.58. The van der Waals surface area contributed by atoms with Gasteiger partial charge < -0.3 is 14.8 Å². The maximum absolute atomic E-state index is 6.29. The molecule has 108 valence electrons. The van der Waals surface area contributed by atoms with Gasteiger partial charge in [-0.3, -0.25) is 4.68 Å². The van der Waals surface area contributed by atoms with Crippen LogP contribution in [-0.2, 0) is 16.0 Å². The highest BCUT2D eigenvalue weighted by Gasteiger charge is 2.29. The van der Waals surface area contributed by atoms with Gasteiger partial charge in [-0.15, -0.1) is 0 Å². The van der Waals surface area contributed by atoms with Crippen molar-refractivity contribution >= 4 is 23.4 Å². The van der Waals surface area contributed by atoms with E-state index in [4.69, 9.17) is 21.1 Å². The molecule has 1 saturated heterocycles. The first-order valence-electron chi connectivity index (χ1n) is 6.34. The zero-order valence-corrected chi connectivity index (χ0v) is 12.8. The van der Waals surface area contributed by atoms with Crippen LogP contribution in [0.1, 0.15) is 11.7 Å². The van der Waals surface area contributed by atoms with Crippen LogP contribution in [0.25, 0.3) is 0 Å². The van der Waals surface area contributed by atoms with Crippen LogP contribution < -0.4 is 5.32 Å². The molecule has 0 radical (unpaired) electrons. The number of halogens is 1. The van der Waals surface area contributed by atoms with Gasteiger partial charge in [0.15, 0.2) is 0 Å². The molecule has 1 N–H and O–H groups in total. The van der Waals surface area contributed by atoms with Gasteiger partial charge in [0.05, 0.1) is 48.8 Å². The Hall–Kier alpha value is -0.270. The summed E-state index contributed by atoms with van der Waals surface area (Å²) in [6.45, 7) is 2.09. The van der Waals surface area contributed by atoms with Gasteiger partial charge in [0.1, 0.15) is 0 Å². The summed E-state index contributed by atoms with van der Waals surface area (Å²) in [7, 11) is 3.61. The highest BCUT2D eigenvalue weighted by Crippen LogP contribution is 2.29. The van der Waals surface area contributed by atoms with Crippen molar-refractivity contribution in [2.75, 3.05) is 38.9 Å². The number of hydrogen-bond acceptors (Lipinski definition) is 5. The third-order valence-corrected chi connectivity index (χ3v) is 4.47. The topological polar surface area (TPSA) is 48.3 Å². The number of nitrogens with one attached hydrogen (secondary N) is 1. The minimum Gasteiger partial charge on any atom is -0.383 e. The summed E-state index contributed by atoms with van der Waals surface area (Å²) in [5.74, 6) is 2.03.